The highest BCUT2D eigenvalue weighted by atomic mass is 32.2. The zero-order valence-corrected chi connectivity index (χ0v) is 12.8. The monoisotopic (exact) mass is 262 g/mol. The molecule has 1 aromatic carbocycles. The molecule has 2 rings (SSSR count). The van der Waals surface area contributed by atoms with Crippen LogP contribution in [0.2, 0.25) is 0 Å². The third-order valence-corrected chi connectivity index (χ3v) is 5.22. The second kappa shape index (κ2) is 5.35. The third-order valence-electron chi connectivity index (χ3n) is 4.19. The van der Waals surface area contributed by atoms with Crippen molar-refractivity contribution < 1.29 is 0 Å². The predicted molar refractivity (Wildman–Crippen MR) is 81.5 cm³/mol. The number of nitrogens with zero attached hydrogens (tertiary/aromatic N) is 2. The van der Waals surface area contributed by atoms with Gasteiger partial charge in [-0.2, -0.15) is 0 Å². The van der Waals surface area contributed by atoms with E-state index in [2.05, 4.69) is 43.9 Å². The van der Waals surface area contributed by atoms with Crippen LogP contribution in [0.25, 0.3) is 0 Å². The molecule has 0 aromatic heterocycles. The second-order valence-electron chi connectivity index (χ2n) is 5.04. The Morgan fingerprint density at radius 1 is 1.00 bits per heavy atom. The maximum atomic E-state index is 4.25. The Labute approximate surface area is 115 Å². The highest BCUT2D eigenvalue weighted by molar-refractivity contribution is 7.96. The first kappa shape index (κ1) is 13.5. The van der Waals surface area contributed by atoms with Crippen LogP contribution in [0.15, 0.2) is 4.99 Å². The quantitative estimate of drug-likeness (QED) is 0.772. The molecule has 0 atom stereocenters. The van der Waals surface area contributed by atoms with Crippen molar-refractivity contribution >= 4 is 18.3 Å². The number of hydrogen-bond acceptors (Lipinski definition) is 3. The van der Waals surface area contributed by atoms with Gasteiger partial charge in [-0.3, -0.25) is 4.99 Å². The molecule has 0 bridgehead atoms. The van der Waals surface area contributed by atoms with E-state index in [1.165, 1.54) is 33.4 Å². The summed E-state index contributed by atoms with van der Waals surface area (Å²) in [5.74, 6) is 1.05. The van der Waals surface area contributed by atoms with Gasteiger partial charge in [0.1, 0.15) is 0 Å². The van der Waals surface area contributed by atoms with Crippen molar-refractivity contribution in [2.75, 3.05) is 13.1 Å². The minimum Gasteiger partial charge on any atom is -0.305 e. The standard InChI is InChI=1S/C15H22N2S/c1-10-11(2)13(4)15(14(5)12(10)3)8-18-17-7-6-16-9-17/h9H,6-8H2,1-5H3. The van der Waals surface area contributed by atoms with Gasteiger partial charge in [0.25, 0.3) is 0 Å². The van der Waals surface area contributed by atoms with Crippen LogP contribution in [0.3, 0.4) is 0 Å². The van der Waals surface area contributed by atoms with E-state index in [0.29, 0.717) is 0 Å². The van der Waals surface area contributed by atoms with Gasteiger partial charge in [0.15, 0.2) is 0 Å². The summed E-state index contributed by atoms with van der Waals surface area (Å²) < 4.78 is 2.24. The summed E-state index contributed by atoms with van der Waals surface area (Å²) in [6, 6.07) is 0. The molecule has 0 saturated heterocycles. The van der Waals surface area contributed by atoms with Crippen molar-refractivity contribution in [1.82, 2.24) is 4.31 Å². The number of hydrogen-bond donors (Lipinski definition) is 0. The summed E-state index contributed by atoms with van der Waals surface area (Å²) in [7, 11) is 0. The average molecular weight is 262 g/mol. The van der Waals surface area contributed by atoms with Crippen molar-refractivity contribution in [1.29, 1.82) is 0 Å². The van der Waals surface area contributed by atoms with Crippen molar-refractivity contribution in [2.45, 2.75) is 40.4 Å². The smallest absolute Gasteiger partial charge is 0.0950 e. The van der Waals surface area contributed by atoms with E-state index >= 15 is 0 Å². The molecule has 2 nitrogen and oxygen atoms in total. The molecule has 1 aromatic rings. The van der Waals surface area contributed by atoms with Crippen LogP contribution in [0.4, 0.5) is 0 Å². The van der Waals surface area contributed by atoms with Crippen LogP contribution in [-0.2, 0) is 5.75 Å². The Kier molecular flexibility index (Phi) is 4.00. The maximum absolute atomic E-state index is 4.25. The first-order valence-corrected chi connectivity index (χ1v) is 7.42. The molecule has 0 saturated carbocycles. The fourth-order valence-electron chi connectivity index (χ4n) is 2.40. The molecule has 3 heteroatoms. The molecule has 98 valence electrons. The fourth-order valence-corrected chi connectivity index (χ4v) is 3.47. The molecule has 0 unspecified atom stereocenters. The van der Waals surface area contributed by atoms with E-state index in [9.17, 15) is 0 Å². The lowest BCUT2D eigenvalue weighted by Gasteiger charge is -2.20. The highest BCUT2D eigenvalue weighted by Gasteiger charge is 2.14. The topological polar surface area (TPSA) is 15.6 Å². The number of rotatable bonds is 3. The van der Waals surface area contributed by atoms with Crippen molar-refractivity contribution in [3.63, 3.8) is 0 Å². The SMILES string of the molecule is Cc1c(C)c(C)c(CSN2C=NCC2)c(C)c1C. The summed E-state index contributed by atoms with van der Waals surface area (Å²) in [6.07, 6.45) is 1.96. The normalized spacial score (nSPS) is 14.6. The summed E-state index contributed by atoms with van der Waals surface area (Å²) in [5, 5.41) is 0. The van der Waals surface area contributed by atoms with Gasteiger partial charge in [0, 0.05) is 5.75 Å². The predicted octanol–water partition coefficient (Wildman–Crippen LogP) is 3.72. The van der Waals surface area contributed by atoms with Gasteiger partial charge in [0.05, 0.1) is 19.4 Å². The average Bonchev–Trinajstić information content (AvgIpc) is 2.87. The van der Waals surface area contributed by atoms with Crippen LogP contribution in [0.5, 0.6) is 0 Å². The van der Waals surface area contributed by atoms with Crippen LogP contribution >= 0.6 is 11.9 Å². The molecule has 1 aliphatic heterocycles. The molecule has 0 aliphatic carbocycles. The van der Waals surface area contributed by atoms with E-state index in [1.54, 1.807) is 0 Å². The van der Waals surface area contributed by atoms with Gasteiger partial charge in [-0.1, -0.05) is 0 Å². The molecule has 1 aliphatic rings. The summed E-state index contributed by atoms with van der Waals surface area (Å²) in [5.41, 5.74) is 8.76. The van der Waals surface area contributed by atoms with Crippen LogP contribution in [0, 0.1) is 34.6 Å². The van der Waals surface area contributed by atoms with E-state index < -0.39 is 0 Å². The van der Waals surface area contributed by atoms with E-state index in [-0.39, 0.29) is 0 Å². The minimum atomic E-state index is 0.941. The number of aliphatic imine (C=N–C) groups is 1. The Hall–Kier alpha value is -0.960. The second-order valence-corrected chi connectivity index (χ2v) is 6.06. The molecule has 0 N–H and O–H groups in total. The molecule has 18 heavy (non-hydrogen) atoms. The van der Waals surface area contributed by atoms with Gasteiger partial charge in [-0.25, -0.2) is 0 Å². The van der Waals surface area contributed by atoms with Gasteiger partial charge in [-0.05, 0) is 79.9 Å². The molecular weight excluding hydrogens is 240 g/mol. The Balaban J connectivity index is 2.24. The van der Waals surface area contributed by atoms with Gasteiger partial charge in [-0.15, -0.1) is 0 Å². The molecular formula is C15H22N2S. The molecule has 0 amide bonds. The van der Waals surface area contributed by atoms with E-state index in [0.717, 1.165) is 18.8 Å². The Bertz CT molecular complexity index is 463. The van der Waals surface area contributed by atoms with Gasteiger partial charge in [0.2, 0.25) is 0 Å². The highest BCUT2D eigenvalue weighted by Crippen LogP contribution is 2.29. The third kappa shape index (κ3) is 2.41. The van der Waals surface area contributed by atoms with Crippen LogP contribution in [-0.4, -0.2) is 23.7 Å². The van der Waals surface area contributed by atoms with E-state index in [4.69, 9.17) is 0 Å². The summed E-state index contributed by atoms with van der Waals surface area (Å²) >= 11 is 1.87. The van der Waals surface area contributed by atoms with Gasteiger partial charge >= 0.3 is 0 Å². The number of benzene rings is 1. The largest absolute Gasteiger partial charge is 0.305 e. The Morgan fingerprint density at radius 3 is 2.06 bits per heavy atom. The fraction of sp³-hybridized carbons (Fsp3) is 0.533. The first-order valence-electron chi connectivity index (χ1n) is 6.47. The molecule has 0 radical (unpaired) electrons. The minimum absolute atomic E-state index is 0.941. The molecule has 0 fully saturated rings. The van der Waals surface area contributed by atoms with Crippen LogP contribution in [0.1, 0.15) is 33.4 Å². The van der Waals surface area contributed by atoms with Crippen molar-refractivity contribution in [3.05, 3.63) is 33.4 Å². The zero-order chi connectivity index (χ0) is 13.3. The van der Waals surface area contributed by atoms with E-state index in [1.807, 2.05) is 18.3 Å². The lowest BCUT2D eigenvalue weighted by Crippen LogP contribution is -2.11. The van der Waals surface area contributed by atoms with Gasteiger partial charge < -0.3 is 4.31 Å². The summed E-state index contributed by atoms with van der Waals surface area (Å²) in [4.78, 5) is 4.25. The Morgan fingerprint density at radius 2 is 1.56 bits per heavy atom. The van der Waals surface area contributed by atoms with Crippen LogP contribution < -0.4 is 0 Å². The van der Waals surface area contributed by atoms with Crippen molar-refractivity contribution in [2.24, 2.45) is 4.99 Å². The summed E-state index contributed by atoms with van der Waals surface area (Å²) in [6.45, 7) is 13.2. The first-order chi connectivity index (χ1) is 8.52. The lowest BCUT2D eigenvalue weighted by atomic mass is 9.90. The maximum Gasteiger partial charge on any atom is 0.0950 e. The van der Waals surface area contributed by atoms with Crippen molar-refractivity contribution in [3.8, 4) is 0 Å². The molecule has 1 heterocycles. The zero-order valence-electron chi connectivity index (χ0n) is 12.0. The lowest BCUT2D eigenvalue weighted by molar-refractivity contribution is 0.747. The molecule has 0 spiro atoms.